The lowest BCUT2D eigenvalue weighted by Crippen LogP contribution is -2.16. The molecular formula is C25H27N5O2. The van der Waals surface area contributed by atoms with Gasteiger partial charge in [-0.05, 0) is 23.6 Å². The van der Waals surface area contributed by atoms with E-state index in [0.29, 0.717) is 17.9 Å². The van der Waals surface area contributed by atoms with Crippen LogP contribution in [0.15, 0.2) is 64.5 Å². The van der Waals surface area contributed by atoms with Crippen LogP contribution >= 0.6 is 0 Å². The summed E-state index contributed by atoms with van der Waals surface area (Å²) in [5, 5.41) is 13.5. The maximum Gasteiger partial charge on any atom is 0.270 e. The number of hydrogen-bond acceptors (Lipinski definition) is 6. The normalized spacial score (nSPS) is 10.9. The fourth-order valence-corrected chi connectivity index (χ4v) is 3.19. The molecule has 0 spiro atoms. The van der Waals surface area contributed by atoms with E-state index in [4.69, 9.17) is 4.74 Å². The number of benzene rings is 2. The summed E-state index contributed by atoms with van der Waals surface area (Å²) in [7, 11) is 0. The van der Waals surface area contributed by atoms with Crippen molar-refractivity contribution in [3.8, 4) is 17.3 Å². The molecule has 32 heavy (non-hydrogen) atoms. The van der Waals surface area contributed by atoms with Gasteiger partial charge in [0, 0.05) is 12.2 Å². The molecule has 0 atom stereocenters. The number of rotatable bonds is 11. The molecule has 0 saturated carbocycles. The van der Waals surface area contributed by atoms with E-state index in [-0.39, 0.29) is 11.5 Å². The van der Waals surface area contributed by atoms with Crippen molar-refractivity contribution in [1.82, 2.24) is 9.97 Å². The standard InChI is InChI=1S/C25H27N5O2/c1-2-3-4-8-14-32-18-20-11-9-10-19(15-20)17-27-30-25-28-23(21-12-6-5-7-13-21)22(16-26)24(31)29-25/h5-7,9-13,15,17H,2-4,8,14,18H2,1H3,(H2,28,29,30,31). The van der Waals surface area contributed by atoms with Crippen molar-refractivity contribution in [2.75, 3.05) is 12.0 Å². The fourth-order valence-electron chi connectivity index (χ4n) is 3.19. The quantitative estimate of drug-likeness (QED) is 0.258. The number of anilines is 1. The highest BCUT2D eigenvalue weighted by molar-refractivity contribution is 5.80. The largest absolute Gasteiger partial charge is 0.377 e. The number of nitrogens with one attached hydrogen (secondary N) is 2. The molecule has 0 aliphatic carbocycles. The molecule has 2 aromatic carbocycles. The lowest BCUT2D eigenvalue weighted by molar-refractivity contribution is 0.117. The highest BCUT2D eigenvalue weighted by Crippen LogP contribution is 2.19. The molecule has 0 aliphatic rings. The van der Waals surface area contributed by atoms with Crippen molar-refractivity contribution in [1.29, 1.82) is 5.26 Å². The maximum atomic E-state index is 12.3. The molecule has 0 aliphatic heterocycles. The van der Waals surface area contributed by atoms with Crippen molar-refractivity contribution in [3.63, 3.8) is 0 Å². The van der Waals surface area contributed by atoms with Gasteiger partial charge in [0.05, 0.1) is 18.5 Å². The lowest BCUT2D eigenvalue weighted by Gasteiger charge is -2.06. The summed E-state index contributed by atoms with van der Waals surface area (Å²) in [5.74, 6) is 0.163. The van der Waals surface area contributed by atoms with E-state index in [9.17, 15) is 10.1 Å². The van der Waals surface area contributed by atoms with Gasteiger partial charge in [-0.2, -0.15) is 10.4 Å². The lowest BCUT2D eigenvalue weighted by atomic mass is 10.1. The van der Waals surface area contributed by atoms with E-state index in [1.54, 1.807) is 18.3 Å². The first-order valence-corrected chi connectivity index (χ1v) is 10.8. The van der Waals surface area contributed by atoms with Crippen molar-refractivity contribution < 1.29 is 4.74 Å². The molecule has 0 amide bonds. The van der Waals surface area contributed by atoms with Gasteiger partial charge >= 0.3 is 0 Å². The molecule has 1 aromatic heterocycles. The van der Waals surface area contributed by atoms with Crippen LogP contribution in [0.2, 0.25) is 0 Å². The van der Waals surface area contributed by atoms with Crippen LogP contribution in [0.4, 0.5) is 5.95 Å². The number of aromatic amines is 1. The Balaban J connectivity index is 1.64. The minimum absolute atomic E-state index is 0.0341. The second-order valence-electron chi connectivity index (χ2n) is 7.34. The van der Waals surface area contributed by atoms with Crippen LogP contribution in [-0.4, -0.2) is 22.8 Å². The van der Waals surface area contributed by atoms with Crippen LogP contribution in [0.5, 0.6) is 0 Å². The maximum absolute atomic E-state index is 12.3. The number of aromatic nitrogens is 2. The summed E-state index contributed by atoms with van der Waals surface area (Å²) in [6.45, 7) is 3.52. The predicted molar refractivity (Wildman–Crippen MR) is 126 cm³/mol. The number of ether oxygens (including phenoxy) is 1. The van der Waals surface area contributed by atoms with Gasteiger partial charge in [0.2, 0.25) is 5.95 Å². The van der Waals surface area contributed by atoms with E-state index in [0.717, 1.165) is 24.2 Å². The molecule has 0 fully saturated rings. The summed E-state index contributed by atoms with van der Waals surface area (Å²) in [4.78, 5) is 19.2. The Hall–Kier alpha value is -3.76. The Labute approximate surface area is 187 Å². The van der Waals surface area contributed by atoms with Crippen LogP contribution in [0.1, 0.15) is 49.3 Å². The number of hydrogen-bond donors (Lipinski definition) is 2. The van der Waals surface area contributed by atoms with Crippen molar-refractivity contribution >= 4 is 12.2 Å². The van der Waals surface area contributed by atoms with Crippen LogP contribution in [-0.2, 0) is 11.3 Å². The van der Waals surface area contributed by atoms with Gasteiger partial charge in [-0.1, -0.05) is 74.7 Å². The first-order valence-electron chi connectivity index (χ1n) is 10.8. The summed E-state index contributed by atoms with van der Waals surface area (Å²) in [6.07, 6.45) is 6.39. The van der Waals surface area contributed by atoms with Gasteiger partial charge in [0.15, 0.2) is 0 Å². The molecule has 0 radical (unpaired) electrons. The van der Waals surface area contributed by atoms with Crippen LogP contribution < -0.4 is 11.0 Å². The van der Waals surface area contributed by atoms with Crippen molar-refractivity contribution in [2.24, 2.45) is 5.10 Å². The fraction of sp³-hybridized carbons (Fsp3) is 0.280. The number of unbranched alkanes of at least 4 members (excludes halogenated alkanes) is 3. The van der Waals surface area contributed by atoms with Gasteiger partial charge in [-0.3, -0.25) is 9.78 Å². The van der Waals surface area contributed by atoms with Crippen LogP contribution in [0.25, 0.3) is 11.3 Å². The zero-order valence-electron chi connectivity index (χ0n) is 18.2. The van der Waals surface area contributed by atoms with E-state index >= 15 is 0 Å². The Morgan fingerprint density at radius 1 is 1.16 bits per heavy atom. The summed E-state index contributed by atoms with van der Waals surface area (Å²) < 4.78 is 5.75. The molecule has 0 saturated heterocycles. The van der Waals surface area contributed by atoms with Crippen molar-refractivity contribution in [2.45, 2.75) is 39.2 Å². The Kier molecular flexibility index (Phi) is 8.72. The topological polar surface area (TPSA) is 103 Å². The number of H-pyrrole nitrogens is 1. The minimum atomic E-state index is -0.517. The third-order valence-electron chi connectivity index (χ3n) is 4.82. The second kappa shape index (κ2) is 12.2. The monoisotopic (exact) mass is 429 g/mol. The molecule has 0 bridgehead atoms. The van der Waals surface area contributed by atoms with Crippen molar-refractivity contribution in [3.05, 3.63) is 81.6 Å². The van der Waals surface area contributed by atoms with Gasteiger partial charge in [0.1, 0.15) is 11.6 Å². The highest BCUT2D eigenvalue weighted by atomic mass is 16.5. The average Bonchev–Trinajstić information content (AvgIpc) is 2.82. The smallest absolute Gasteiger partial charge is 0.270 e. The van der Waals surface area contributed by atoms with E-state index in [1.165, 1.54) is 19.3 Å². The van der Waals surface area contributed by atoms with Gasteiger partial charge < -0.3 is 4.74 Å². The zero-order chi connectivity index (χ0) is 22.6. The third-order valence-corrected chi connectivity index (χ3v) is 4.82. The van der Waals surface area contributed by atoms with E-state index < -0.39 is 5.56 Å². The summed E-state index contributed by atoms with van der Waals surface area (Å²) in [6, 6.07) is 18.9. The van der Waals surface area contributed by atoms with Crippen LogP contribution in [0, 0.1) is 11.3 Å². The molecule has 0 unspecified atom stereocenters. The molecule has 1 heterocycles. The first kappa shape index (κ1) is 22.9. The number of nitriles is 1. The van der Waals surface area contributed by atoms with Gasteiger partial charge in [0.25, 0.3) is 5.56 Å². The minimum Gasteiger partial charge on any atom is -0.377 e. The highest BCUT2D eigenvalue weighted by Gasteiger charge is 2.12. The Bertz CT molecular complexity index is 1130. The average molecular weight is 430 g/mol. The SMILES string of the molecule is CCCCCCOCc1cccc(C=NNc2nc(-c3ccccc3)c(C#N)c(=O)[nH]2)c1. The summed E-state index contributed by atoms with van der Waals surface area (Å²) in [5.41, 5.74) is 5.16. The molecule has 3 aromatic rings. The number of nitrogens with zero attached hydrogens (tertiary/aromatic N) is 3. The van der Waals surface area contributed by atoms with Gasteiger partial charge in [-0.15, -0.1) is 0 Å². The van der Waals surface area contributed by atoms with Crippen LogP contribution in [0.3, 0.4) is 0 Å². The molecule has 164 valence electrons. The Morgan fingerprint density at radius 2 is 2.00 bits per heavy atom. The van der Waals surface area contributed by atoms with E-state index in [1.807, 2.05) is 48.5 Å². The first-order chi connectivity index (χ1) is 15.7. The second-order valence-corrected chi connectivity index (χ2v) is 7.34. The Morgan fingerprint density at radius 3 is 2.78 bits per heavy atom. The van der Waals surface area contributed by atoms with Gasteiger partial charge in [-0.25, -0.2) is 10.4 Å². The predicted octanol–water partition coefficient (Wildman–Crippen LogP) is 4.85. The molecule has 2 N–H and O–H groups in total. The molecular weight excluding hydrogens is 402 g/mol. The van der Waals surface area contributed by atoms with E-state index in [2.05, 4.69) is 27.4 Å². The number of hydrazone groups is 1. The molecule has 7 heteroatoms. The summed E-state index contributed by atoms with van der Waals surface area (Å²) >= 11 is 0. The third kappa shape index (κ3) is 6.62. The molecule has 3 rings (SSSR count). The molecule has 7 nitrogen and oxygen atoms in total. The zero-order valence-corrected chi connectivity index (χ0v) is 18.2.